The van der Waals surface area contributed by atoms with E-state index in [9.17, 15) is 0 Å². The highest BCUT2D eigenvalue weighted by Gasteiger charge is 1.98. The van der Waals surface area contributed by atoms with E-state index in [0.29, 0.717) is 25.6 Å². The van der Waals surface area contributed by atoms with Crippen LogP contribution in [0, 0.1) is 11.3 Å². The third-order valence-corrected chi connectivity index (χ3v) is 1.80. The molecule has 0 aromatic carbocycles. The molecule has 0 aliphatic heterocycles. The van der Waals surface area contributed by atoms with Crippen molar-refractivity contribution in [3.63, 3.8) is 0 Å². The largest absolute Gasteiger partial charge is 0.370 e. The number of aliphatic imine (C=N–C) groups is 1. The molecule has 7 nitrogen and oxygen atoms in total. The van der Waals surface area contributed by atoms with E-state index in [-0.39, 0.29) is 5.82 Å². The Morgan fingerprint density at radius 3 is 3.12 bits per heavy atom. The van der Waals surface area contributed by atoms with Gasteiger partial charge in [0.25, 0.3) is 5.82 Å². The summed E-state index contributed by atoms with van der Waals surface area (Å²) in [6.07, 6.45) is 1.50. The number of nitrogens with one attached hydrogen (secondary N) is 1. The zero-order valence-electron chi connectivity index (χ0n) is 9.72. The molecule has 1 heterocycles. The second-order valence-corrected chi connectivity index (χ2v) is 3.53. The van der Waals surface area contributed by atoms with Gasteiger partial charge in [0.05, 0.1) is 13.1 Å². The SMILES string of the molecule is C=C(C)CN=C(N)NCCn1cnc(C#N)n1. The Hall–Kier alpha value is -2.36. The molecule has 0 saturated carbocycles. The molecule has 17 heavy (non-hydrogen) atoms. The predicted molar refractivity (Wildman–Crippen MR) is 64.0 cm³/mol. The van der Waals surface area contributed by atoms with Crippen LogP contribution in [0.25, 0.3) is 0 Å². The van der Waals surface area contributed by atoms with E-state index >= 15 is 0 Å². The van der Waals surface area contributed by atoms with Crippen molar-refractivity contribution in [2.45, 2.75) is 13.5 Å². The number of nitrogens with two attached hydrogens (primary N) is 1. The predicted octanol–water partition coefficient (Wildman–Crippen LogP) is -0.370. The molecule has 1 rings (SSSR count). The molecule has 0 aliphatic carbocycles. The van der Waals surface area contributed by atoms with Crippen molar-refractivity contribution in [2.75, 3.05) is 13.1 Å². The lowest BCUT2D eigenvalue weighted by Crippen LogP contribution is -2.34. The molecule has 0 spiro atoms. The fourth-order valence-corrected chi connectivity index (χ4v) is 1.03. The fourth-order valence-electron chi connectivity index (χ4n) is 1.03. The van der Waals surface area contributed by atoms with Gasteiger partial charge in [-0.3, -0.25) is 0 Å². The van der Waals surface area contributed by atoms with Gasteiger partial charge in [0, 0.05) is 6.54 Å². The topological polar surface area (TPSA) is 105 Å². The molecule has 0 unspecified atom stereocenters. The number of guanidine groups is 1. The van der Waals surface area contributed by atoms with Crippen molar-refractivity contribution in [1.82, 2.24) is 20.1 Å². The lowest BCUT2D eigenvalue weighted by atomic mass is 10.4. The highest BCUT2D eigenvalue weighted by atomic mass is 15.3. The first-order valence-electron chi connectivity index (χ1n) is 5.09. The molecular weight excluding hydrogens is 218 g/mol. The van der Waals surface area contributed by atoms with Gasteiger partial charge in [0.2, 0.25) is 0 Å². The summed E-state index contributed by atoms with van der Waals surface area (Å²) < 4.78 is 1.57. The van der Waals surface area contributed by atoms with Gasteiger partial charge in [-0.05, 0) is 6.92 Å². The van der Waals surface area contributed by atoms with E-state index in [1.165, 1.54) is 6.33 Å². The van der Waals surface area contributed by atoms with Crippen molar-refractivity contribution in [3.8, 4) is 6.07 Å². The van der Waals surface area contributed by atoms with Crippen LogP contribution in [-0.2, 0) is 6.54 Å². The van der Waals surface area contributed by atoms with Crippen LogP contribution < -0.4 is 11.1 Å². The molecule has 90 valence electrons. The Morgan fingerprint density at radius 2 is 2.53 bits per heavy atom. The van der Waals surface area contributed by atoms with Gasteiger partial charge in [-0.15, -0.1) is 5.10 Å². The van der Waals surface area contributed by atoms with E-state index in [1.807, 2.05) is 13.0 Å². The van der Waals surface area contributed by atoms with Crippen molar-refractivity contribution in [3.05, 3.63) is 24.3 Å². The van der Waals surface area contributed by atoms with E-state index in [4.69, 9.17) is 11.0 Å². The van der Waals surface area contributed by atoms with Gasteiger partial charge in [-0.25, -0.2) is 14.7 Å². The molecule has 0 aliphatic rings. The minimum atomic E-state index is 0.161. The van der Waals surface area contributed by atoms with Crippen molar-refractivity contribution < 1.29 is 0 Å². The molecule has 0 amide bonds. The first-order valence-corrected chi connectivity index (χ1v) is 5.09. The van der Waals surface area contributed by atoms with Crippen molar-refractivity contribution >= 4 is 5.96 Å². The number of nitriles is 1. The number of hydrogen-bond donors (Lipinski definition) is 2. The summed E-state index contributed by atoms with van der Waals surface area (Å²) in [5, 5.41) is 15.4. The van der Waals surface area contributed by atoms with E-state index in [2.05, 4.69) is 27.0 Å². The minimum absolute atomic E-state index is 0.161. The lowest BCUT2D eigenvalue weighted by Gasteiger charge is -2.05. The summed E-state index contributed by atoms with van der Waals surface area (Å²) in [6.45, 7) is 7.26. The third kappa shape index (κ3) is 4.79. The zero-order chi connectivity index (χ0) is 12.7. The summed E-state index contributed by atoms with van der Waals surface area (Å²) in [5.74, 6) is 0.530. The quantitative estimate of drug-likeness (QED) is 0.410. The Balaban J connectivity index is 2.30. The Kier molecular flexibility index (Phi) is 4.69. The van der Waals surface area contributed by atoms with Gasteiger partial charge in [-0.2, -0.15) is 5.26 Å². The monoisotopic (exact) mass is 233 g/mol. The van der Waals surface area contributed by atoms with Crippen LogP contribution in [0.4, 0.5) is 0 Å². The summed E-state index contributed by atoms with van der Waals surface area (Å²) in [4.78, 5) is 7.84. The van der Waals surface area contributed by atoms with Crippen LogP contribution in [0.1, 0.15) is 12.7 Å². The summed E-state index contributed by atoms with van der Waals surface area (Å²) in [5.41, 5.74) is 6.57. The van der Waals surface area contributed by atoms with E-state index in [1.54, 1.807) is 4.68 Å². The van der Waals surface area contributed by atoms with Gasteiger partial charge in [0.1, 0.15) is 12.4 Å². The summed E-state index contributed by atoms with van der Waals surface area (Å²) >= 11 is 0. The molecular formula is C10H15N7. The van der Waals surface area contributed by atoms with E-state index < -0.39 is 0 Å². The molecule has 0 fully saturated rings. The molecule has 0 radical (unpaired) electrons. The van der Waals surface area contributed by atoms with Crippen LogP contribution in [0.3, 0.4) is 0 Å². The van der Waals surface area contributed by atoms with Crippen molar-refractivity contribution in [2.24, 2.45) is 10.7 Å². The molecule has 1 aromatic rings. The van der Waals surface area contributed by atoms with Gasteiger partial charge in [0.15, 0.2) is 5.96 Å². The first kappa shape index (κ1) is 12.7. The lowest BCUT2D eigenvalue weighted by molar-refractivity contribution is 0.599. The number of hydrogen-bond acceptors (Lipinski definition) is 4. The second kappa shape index (κ2) is 6.27. The standard InChI is InChI=1S/C10H15N7/c1-8(2)6-14-10(12)13-3-4-17-7-15-9(5-11)16-17/h7H,1,3-4,6H2,2H3,(H3,12,13,14). The number of nitrogens with zero attached hydrogens (tertiary/aromatic N) is 5. The minimum Gasteiger partial charge on any atom is -0.370 e. The van der Waals surface area contributed by atoms with Crippen LogP contribution in [-0.4, -0.2) is 33.8 Å². The second-order valence-electron chi connectivity index (χ2n) is 3.53. The number of rotatable bonds is 5. The Labute approximate surface area is 99.7 Å². The van der Waals surface area contributed by atoms with Crippen LogP contribution >= 0.6 is 0 Å². The molecule has 7 heteroatoms. The molecule has 0 atom stereocenters. The maximum atomic E-state index is 8.54. The van der Waals surface area contributed by atoms with E-state index in [0.717, 1.165) is 5.57 Å². The smallest absolute Gasteiger partial charge is 0.252 e. The van der Waals surface area contributed by atoms with Gasteiger partial charge < -0.3 is 11.1 Å². The van der Waals surface area contributed by atoms with Crippen LogP contribution in [0.2, 0.25) is 0 Å². The molecule has 3 N–H and O–H groups in total. The highest BCUT2D eigenvalue weighted by Crippen LogP contribution is 1.87. The molecule has 1 aromatic heterocycles. The highest BCUT2D eigenvalue weighted by molar-refractivity contribution is 5.77. The number of aromatic nitrogens is 3. The Morgan fingerprint density at radius 1 is 1.76 bits per heavy atom. The normalized spacial score (nSPS) is 10.9. The molecule has 0 bridgehead atoms. The van der Waals surface area contributed by atoms with Crippen molar-refractivity contribution in [1.29, 1.82) is 5.26 Å². The summed E-state index contributed by atoms with van der Waals surface area (Å²) in [6, 6.07) is 1.86. The molecule has 0 saturated heterocycles. The van der Waals surface area contributed by atoms with Crippen LogP contribution in [0.15, 0.2) is 23.5 Å². The van der Waals surface area contributed by atoms with Crippen LogP contribution in [0.5, 0.6) is 0 Å². The summed E-state index contributed by atoms with van der Waals surface area (Å²) in [7, 11) is 0. The maximum Gasteiger partial charge on any atom is 0.252 e. The first-order chi connectivity index (χ1) is 8.11. The maximum absolute atomic E-state index is 8.54. The van der Waals surface area contributed by atoms with Gasteiger partial charge >= 0.3 is 0 Å². The fraction of sp³-hybridized carbons (Fsp3) is 0.400. The zero-order valence-corrected chi connectivity index (χ0v) is 9.72. The average molecular weight is 233 g/mol. The van der Waals surface area contributed by atoms with Gasteiger partial charge in [-0.1, -0.05) is 12.2 Å². The Bertz CT molecular complexity index is 451. The average Bonchev–Trinajstić information content (AvgIpc) is 2.74. The third-order valence-electron chi connectivity index (χ3n) is 1.80.